The lowest BCUT2D eigenvalue weighted by molar-refractivity contribution is 0.0806. The van der Waals surface area contributed by atoms with Crippen molar-refractivity contribution in [3.05, 3.63) is 0 Å². The Bertz CT molecular complexity index is 316. The summed E-state index contributed by atoms with van der Waals surface area (Å²) < 4.78 is 30.1. The quantitative estimate of drug-likeness (QED) is 0.786. The van der Waals surface area contributed by atoms with E-state index >= 15 is 0 Å². The van der Waals surface area contributed by atoms with Crippen LogP contribution in [-0.2, 0) is 14.6 Å². The summed E-state index contributed by atoms with van der Waals surface area (Å²) in [4.78, 5) is 0. The smallest absolute Gasteiger partial charge is 0.159 e. The molecule has 0 aromatic carbocycles. The zero-order chi connectivity index (χ0) is 12.9. The fourth-order valence-electron chi connectivity index (χ4n) is 2.13. The second kappa shape index (κ2) is 6.71. The maximum absolute atomic E-state index is 12.4. The number of hydrogen-bond acceptors (Lipinski definition) is 4. The summed E-state index contributed by atoms with van der Waals surface area (Å²) in [6.45, 7) is 7.67. The van der Waals surface area contributed by atoms with Crippen LogP contribution in [0.1, 0.15) is 40.0 Å². The fourth-order valence-corrected chi connectivity index (χ4v) is 4.17. The zero-order valence-corrected chi connectivity index (χ0v) is 11.9. The van der Waals surface area contributed by atoms with Crippen LogP contribution in [0.2, 0.25) is 0 Å². The van der Waals surface area contributed by atoms with E-state index in [1.165, 1.54) is 0 Å². The highest BCUT2D eigenvalue weighted by molar-refractivity contribution is 7.92. The standard InChI is InChI=1S/C12H25NO3S/c1-4-7-13-11-6-8-16-9-12(11)17(14,15)10(3)5-2/h10-13H,4-9H2,1-3H3. The highest BCUT2D eigenvalue weighted by Gasteiger charge is 2.38. The molecule has 1 rings (SSSR count). The lowest BCUT2D eigenvalue weighted by atomic mass is 10.1. The second-order valence-electron chi connectivity index (χ2n) is 4.77. The SMILES string of the molecule is CCCNC1CCOCC1S(=O)(=O)C(C)CC. The summed E-state index contributed by atoms with van der Waals surface area (Å²) in [7, 11) is -3.08. The van der Waals surface area contributed by atoms with Crippen LogP contribution in [0.4, 0.5) is 0 Å². The first-order chi connectivity index (χ1) is 8.04. The van der Waals surface area contributed by atoms with Crippen LogP contribution < -0.4 is 5.32 Å². The monoisotopic (exact) mass is 263 g/mol. The van der Waals surface area contributed by atoms with Crippen LogP contribution in [0.5, 0.6) is 0 Å². The Balaban J connectivity index is 2.76. The number of hydrogen-bond donors (Lipinski definition) is 1. The van der Waals surface area contributed by atoms with Gasteiger partial charge in [0.15, 0.2) is 9.84 Å². The van der Waals surface area contributed by atoms with Gasteiger partial charge in [-0.25, -0.2) is 8.42 Å². The van der Waals surface area contributed by atoms with Gasteiger partial charge < -0.3 is 10.1 Å². The van der Waals surface area contributed by atoms with Crippen molar-refractivity contribution >= 4 is 9.84 Å². The predicted octanol–water partition coefficient (Wildman–Crippen LogP) is 1.36. The highest BCUT2D eigenvalue weighted by atomic mass is 32.2. The summed E-state index contributed by atoms with van der Waals surface area (Å²) in [6, 6.07) is 0.0581. The molecule has 1 N–H and O–H groups in total. The van der Waals surface area contributed by atoms with E-state index in [4.69, 9.17) is 4.74 Å². The fraction of sp³-hybridized carbons (Fsp3) is 1.00. The van der Waals surface area contributed by atoms with Crippen LogP contribution in [0.25, 0.3) is 0 Å². The van der Waals surface area contributed by atoms with Crippen LogP contribution in [-0.4, -0.2) is 44.7 Å². The van der Waals surface area contributed by atoms with E-state index < -0.39 is 9.84 Å². The molecule has 5 heteroatoms. The van der Waals surface area contributed by atoms with Crippen molar-refractivity contribution in [3.63, 3.8) is 0 Å². The molecule has 1 heterocycles. The number of ether oxygens (including phenoxy) is 1. The van der Waals surface area contributed by atoms with Gasteiger partial charge in [0.25, 0.3) is 0 Å². The van der Waals surface area contributed by atoms with Crippen molar-refractivity contribution in [1.82, 2.24) is 5.32 Å². The lowest BCUT2D eigenvalue weighted by Gasteiger charge is -2.33. The van der Waals surface area contributed by atoms with Gasteiger partial charge in [-0.1, -0.05) is 13.8 Å². The molecule has 0 saturated carbocycles. The van der Waals surface area contributed by atoms with Gasteiger partial charge in [-0.2, -0.15) is 0 Å². The van der Waals surface area contributed by atoms with Gasteiger partial charge in [-0.3, -0.25) is 0 Å². The average molecular weight is 263 g/mol. The first-order valence-electron chi connectivity index (χ1n) is 6.57. The first-order valence-corrected chi connectivity index (χ1v) is 8.18. The molecule has 1 saturated heterocycles. The predicted molar refractivity (Wildman–Crippen MR) is 70.0 cm³/mol. The van der Waals surface area contributed by atoms with E-state index in [0.29, 0.717) is 19.6 Å². The third-order valence-electron chi connectivity index (χ3n) is 3.52. The second-order valence-corrected chi connectivity index (χ2v) is 7.36. The summed E-state index contributed by atoms with van der Waals surface area (Å²) in [5.74, 6) is 0. The molecular weight excluding hydrogens is 238 g/mol. The molecule has 102 valence electrons. The van der Waals surface area contributed by atoms with E-state index in [1.807, 2.05) is 6.92 Å². The van der Waals surface area contributed by atoms with E-state index in [-0.39, 0.29) is 16.5 Å². The molecule has 0 aliphatic carbocycles. The van der Waals surface area contributed by atoms with Gasteiger partial charge in [0.2, 0.25) is 0 Å². The average Bonchev–Trinajstić information content (AvgIpc) is 2.35. The Morgan fingerprint density at radius 1 is 1.41 bits per heavy atom. The van der Waals surface area contributed by atoms with Gasteiger partial charge >= 0.3 is 0 Å². The summed E-state index contributed by atoms with van der Waals surface area (Å²) in [5.41, 5.74) is 0. The third-order valence-corrected chi connectivity index (χ3v) is 6.28. The molecule has 3 atom stereocenters. The Morgan fingerprint density at radius 3 is 2.71 bits per heavy atom. The topological polar surface area (TPSA) is 55.4 Å². The molecule has 1 aliphatic heterocycles. The summed E-state index contributed by atoms with van der Waals surface area (Å²) >= 11 is 0. The number of sulfone groups is 1. The van der Waals surface area contributed by atoms with Gasteiger partial charge in [0.05, 0.1) is 11.9 Å². The molecular formula is C12H25NO3S. The zero-order valence-electron chi connectivity index (χ0n) is 11.1. The van der Waals surface area contributed by atoms with Crippen LogP contribution >= 0.6 is 0 Å². The largest absolute Gasteiger partial charge is 0.380 e. The minimum Gasteiger partial charge on any atom is -0.380 e. The molecule has 0 amide bonds. The van der Waals surface area contributed by atoms with Gasteiger partial charge in [-0.05, 0) is 32.7 Å². The molecule has 0 aromatic rings. The van der Waals surface area contributed by atoms with E-state index in [9.17, 15) is 8.42 Å². The lowest BCUT2D eigenvalue weighted by Crippen LogP contribution is -2.52. The van der Waals surface area contributed by atoms with Gasteiger partial charge in [-0.15, -0.1) is 0 Å². The number of nitrogens with one attached hydrogen (secondary N) is 1. The van der Waals surface area contributed by atoms with Crippen molar-refractivity contribution in [2.75, 3.05) is 19.8 Å². The molecule has 3 unspecified atom stereocenters. The summed E-state index contributed by atoms with van der Waals surface area (Å²) in [6.07, 6.45) is 2.48. The van der Waals surface area contributed by atoms with Gasteiger partial charge in [0, 0.05) is 12.6 Å². The van der Waals surface area contributed by atoms with Crippen LogP contribution in [0.3, 0.4) is 0 Å². The maximum Gasteiger partial charge on any atom is 0.159 e. The Morgan fingerprint density at radius 2 is 2.12 bits per heavy atom. The minimum absolute atomic E-state index is 0.0581. The van der Waals surface area contributed by atoms with Crippen molar-refractivity contribution in [3.8, 4) is 0 Å². The van der Waals surface area contributed by atoms with E-state index in [1.54, 1.807) is 6.92 Å². The van der Waals surface area contributed by atoms with Crippen molar-refractivity contribution in [2.24, 2.45) is 0 Å². The van der Waals surface area contributed by atoms with Crippen molar-refractivity contribution < 1.29 is 13.2 Å². The summed E-state index contributed by atoms with van der Waals surface area (Å²) in [5, 5.41) is 2.69. The first kappa shape index (κ1) is 14.9. The van der Waals surface area contributed by atoms with E-state index in [2.05, 4.69) is 12.2 Å². The molecule has 0 spiro atoms. The highest BCUT2D eigenvalue weighted by Crippen LogP contribution is 2.21. The molecule has 4 nitrogen and oxygen atoms in total. The Kier molecular flexibility index (Phi) is 5.89. The maximum atomic E-state index is 12.4. The Labute approximate surface area is 105 Å². The van der Waals surface area contributed by atoms with Gasteiger partial charge in [0.1, 0.15) is 5.25 Å². The molecule has 17 heavy (non-hydrogen) atoms. The third kappa shape index (κ3) is 3.66. The van der Waals surface area contributed by atoms with Crippen molar-refractivity contribution in [1.29, 1.82) is 0 Å². The normalized spacial score (nSPS) is 27.9. The molecule has 0 aromatic heterocycles. The number of rotatable bonds is 6. The Hall–Kier alpha value is -0.130. The minimum atomic E-state index is -3.08. The van der Waals surface area contributed by atoms with Crippen molar-refractivity contribution in [2.45, 2.75) is 56.6 Å². The molecule has 0 radical (unpaired) electrons. The van der Waals surface area contributed by atoms with Crippen LogP contribution in [0.15, 0.2) is 0 Å². The molecule has 1 fully saturated rings. The van der Waals surface area contributed by atoms with E-state index in [0.717, 1.165) is 19.4 Å². The molecule has 0 bridgehead atoms. The van der Waals surface area contributed by atoms with Crippen LogP contribution in [0, 0.1) is 0 Å². The molecule has 1 aliphatic rings.